The van der Waals surface area contributed by atoms with Gasteiger partial charge in [-0.3, -0.25) is 4.79 Å². The summed E-state index contributed by atoms with van der Waals surface area (Å²) < 4.78 is 2.13. The van der Waals surface area contributed by atoms with Crippen molar-refractivity contribution in [2.45, 2.75) is 39.3 Å². The van der Waals surface area contributed by atoms with E-state index in [1.54, 1.807) is 18.2 Å². The first-order chi connectivity index (χ1) is 13.5. The Hall–Kier alpha value is -2.94. The van der Waals surface area contributed by atoms with Gasteiger partial charge in [0.15, 0.2) is 5.82 Å². The van der Waals surface area contributed by atoms with Crippen molar-refractivity contribution >= 4 is 16.9 Å². The number of carbonyl (C=O) groups excluding carboxylic acids is 1. The maximum Gasteiger partial charge on any atom is 0.323 e. The number of hydrogen-bond acceptors (Lipinski definition) is 5. The summed E-state index contributed by atoms with van der Waals surface area (Å²) in [6.07, 6.45) is 1.59. The highest BCUT2D eigenvalue weighted by atomic mass is 16.2. The van der Waals surface area contributed by atoms with Crippen molar-refractivity contribution in [3.8, 4) is 0 Å². The first-order valence-electron chi connectivity index (χ1n) is 9.67. The van der Waals surface area contributed by atoms with E-state index in [2.05, 4.69) is 49.2 Å². The molecular weight excluding hydrogens is 358 g/mol. The molecule has 4 rings (SSSR count). The number of fused-ring (bicyclic) bond motifs is 2. The summed E-state index contributed by atoms with van der Waals surface area (Å²) >= 11 is 0. The molecule has 0 aliphatic carbocycles. The molecule has 0 spiro atoms. The van der Waals surface area contributed by atoms with Gasteiger partial charge in [0, 0.05) is 31.6 Å². The zero-order valence-electron chi connectivity index (χ0n) is 16.1. The second kappa shape index (κ2) is 7.59. The van der Waals surface area contributed by atoms with E-state index in [1.807, 2.05) is 0 Å². The predicted molar refractivity (Wildman–Crippen MR) is 105 cm³/mol. The van der Waals surface area contributed by atoms with Gasteiger partial charge in [-0.1, -0.05) is 13.8 Å². The number of amides is 1. The first kappa shape index (κ1) is 18.4. The lowest BCUT2D eigenvalue weighted by atomic mass is 10.0. The second-order valence-electron chi connectivity index (χ2n) is 7.62. The fourth-order valence-corrected chi connectivity index (χ4v) is 3.67. The van der Waals surface area contributed by atoms with Crippen LogP contribution in [-0.2, 0) is 13.0 Å². The zero-order valence-corrected chi connectivity index (χ0v) is 16.1. The standard InChI is InChI=1S/C19H25N7O2/c1-11(2)9-15(17-25-24-16-5-6-20-7-8-26(16)17)21-18(27)12-3-4-13-14(10-12)23-19(28)22-13/h3-4,10-11,15,20H,5-9H2,1-2H3,(H,21,27)(H2,22,23,28). The largest absolute Gasteiger partial charge is 0.342 e. The number of aromatic amines is 2. The van der Waals surface area contributed by atoms with E-state index in [-0.39, 0.29) is 17.6 Å². The number of hydrogen-bond donors (Lipinski definition) is 4. The number of benzene rings is 1. The minimum atomic E-state index is -0.287. The fraction of sp³-hybridized carbons (Fsp3) is 0.474. The Bertz CT molecular complexity index is 1050. The molecule has 28 heavy (non-hydrogen) atoms. The van der Waals surface area contributed by atoms with Crippen LogP contribution in [0.5, 0.6) is 0 Å². The van der Waals surface area contributed by atoms with Crippen molar-refractivity contribution in [2.75, 3.05) is 13.1 Å². The highest BCUT2D eigenvalue weighted by Gasteiger charge is 2.25. The summed E-state index contributed by atoms with van der Waals surface area (Å²) in [4.78, 5) is 29.8. The highest BCUT2D eigenvalue weighted by molar-refractivity contribution is 5.97. The molecule has 1 unspecified atom stereocenters. The average molecular weight is 383 g/mol. The van der Waals surface area contributed by atoms with Crippen LogP contribution < -0.4 is 16.3 Å². The summed E-state index contributed by atoms with van der Waals surface area (Å²) in [6.45, 7) is 6.78. The van der Waals surface area contributed by atoms with Crippen molar-refractivity contribution in [3.05, 3.63) is 45.9 Å². The molecule has 148 valence electrons. The van der Waals surface area contributed by atoms with E-state index in [4.69, 9.17) is 0 Å². The van der Waals surface area contributed by atoms with Crippen molar-refractivity contribution in [1.29, 1.82) is 0 Å². The van der Waals surface area contributed by atoms with Crippen molar-refractivity contribution in [2.24, 2.45) is 5.92 Å². The minimum absolute atomic E-state index is 0.196. The van der Waals surface area contributed by atoms with E-state index < -0.39 is 0 Å². The van der Waals surface area contributed by atoms with Crippen LogP contribution >= 0.6 is 0 Å². The average Bonchev–Trinajstić information content (AvgIpc) is 3.14. The summed E-state index contributed by atoms with van der Waals surface area (Å²) in [5.74, 6) is 1.94. The molecule has 9 nitrogen and oxygen atoms in total. The molecule has 9 heteroatoms. The number of H-pyrrole nitrogens is 2. The summed E-state index contributed by atoms with van der Waals surface area (Å²) in [5.41, 5.74) is 1.50. The molecule has 1 aliphatic rings. The second-order valence-corrected chi connectivity index (χ2v) is 7.62. The number of nitrogens with zero attached hydrogens (tertiary/aromatic N) is 3. The normalized spacial score (nSPS) is 15.4. The molecule has 0 saturated carbocycles. The Morgan fingerprint density at radius 1 is 1.21 bits per heavy atom. The molecule has 0 saturated heterocycles. The number of imidazole rings is 1. The first-order valence-corrected chi connectivity index (χ1v) is 9.67. The minimum Gasteiger partial charge on any atom is -0.342 e. The third-order valence-electron chi connectivity index (χ3n) is 5.00. The quantitative estimate of drug-likeness (QED) is 0.526. The number of carbonyl (C=O) groups is 1. The van der Waals surface area contributed by atoms with Crippen LogP contribution in [0, 0.1) is 5.92 Å². The van der Waals surface area contributed by atoms with Crippen molar-refractivity contribution in [3.63, 3.8) is 0 Å². The monoisotopic (exact) mass is 383 g/mol. The molecule has 1 aromatic carbocycles. The van der Waals surface area contributed by atoms with Gasteiger partial charge >= 0.3 is 5.69 Å². The summed E-state index contributed by atoms with van der Waals surface area (Å²) in [5, 5.41) is 15.2. The maximum atomic E-state index is 12.9. The Morgan fingerprint density at radius 3 is 2.86 bits per heavy atom. The van der Waals surface area contributed by atoms with Crippen LogP contribution in [0.2, 0.25) is 0 Å². The molecule has 1 atom stereocenters. The molecule has 1 aliphatic heterocycles. The number of nitrogens with one attached hydrogen (secondary N) is 4. The van der Waals surface area contributed by atoms with Crippen LogP contribution in [0.25, 0.3) is 11.0 Å². The molecule has 0 bridgehead atoms. The molecular formula is C19H25N7O2. The summed E-state index contributed by atoms with van der Waals surface area (Å²) in [7, 11) is 0. The van der Waals surface area contributed by atoms with Crippen molar-refractivity contribution in [1.82, 2.24) is 35.4 Å². The molecule has 0 fully saturated rings. The molecule has 4 N–H and O–H groups in total. The van der Waals surface area contributed by atoms with Gasteiger partial charge in [0.25, 0.3) is 5.91 Å². The topological polar surface area (TPSA) is 120 Å². The maximum absolute atomic E-state index is 12.9. The smallest absolute Gasteiger partial charge is 0.323 e. The van der Waals surface area contributed by atoms with E-state index in [0.29, 0.717) is 22.5 Å². The van der Waals surface area contributed by atoms with Crippen LogP contribution in [0.3, 0.4) is 0 Å². The third kappa shape index (κ3) is 3.70. The number of rotatable bonds is 5. The van der Waals surface area contributed by atoms with Gasteiger partial charge in [-0.2, -0.15) is 0 Å². The number of aromatic nitrogens is 5. The lowest BCUT2D eigenvalue weighted by Gasteiger charge is -2.21. The van der Waals surface area contributed by atoms with Crippen LogP contribution in [0.15, 0.2) is 23.0 Å². The lowest BCUT2D eigenvalue weighted by molar-refractivity contribution is 0.0929. The Labute approximate surface area is 161 Å². The Kier molecular flexibility index (Phi) is 4.99. The fourth-order valence-electron chi connectivity index (χ4n) is 3.67. The Morgan fingerprint density at radius 2 is 2.04 bits per heavy atom. The summed E-state index contributed by atoms with van der Waals surface area (Å²) in [6, 6.07) is 4.90. The van der Waals surface area contributed by atoms with Gasteiger partial charge < -0.3 is 25.2 Å². The van der Waals surface area contributed by atoms with Gasteiger partial charge in [-0.05, 0) is 30.5 Å². The van der Waals surface area contributed by atoms with Gasteiger partial charge in [0.2, 0.25) is 0 Å². The molecule has 3 aromatic rings. The van der Waals surface area contributed by atoms with E-state index in [1.165, 1.54) is 0 Å². The van der Waals surface area contributed by atoms with Crippen LogP contribution in [0.4, 0.5) is 0 Å². The highest BCUT2D eigenvalue weighted by Crippen LogP contribution is 2.22. The molecule has 0 radical (unpaired) electrons. The van der Waals surface area contributed by atoms with Crippen molar-refractivity contribution < 1.29 is 4.79 Å². The lowest BCUT2D eigenvalue weighted by Crippen LogP contribution is -2.32. The predicted octanol–water partition coefficient (Wildman–Crippen LogP) is 1.11. The molecule has 3 heterocycles. The van der Waals surface area contributed by atoms with Gasteiger partial charge in [0.1, 0.15) is 5.82 Å². The van der Waals surface area contributed by atoms with E-state index in [0.717, 1.165) is 44.1 Å². The van der Waals surface area contributed by atoms with Gasteiger partial charge in [0.05, 0.1) is 17.1 Å². The SMILES string of the molecule is CC(C)CC(NC(=O)c1ccc2[nH]c(=O)[nH]c2c1)c1nnc2n1CCNCC2. The Balaban J connectivity index is 1.61. The van der Waals surface area contributed by atoms with Gasteiger partial charge in [-0.15, -0.1) is 10.2 Å². The third-order valence-corrected chi connectivity index (χ3v) is 5.00. The van der Waals surface area contributed by atoms with E-state index >= 15 is 0 Å². The molecule has 1 amide bonds. The van der Waals surface area contributed by atoms with Crippen LogP contribution in [-0.4, -0.2) is 43.7 Å². The molecule has 2 aromatic heterocycles. The van der Waals surface area contributed by atoms with Gasteiger partial charge in [-0.25, -0.2) is 4.79 Å². The van der Waals surface area contributed by atoms with Crippen LogP contribution in [0.1, 0.15) is 48.3 Å². The zero-order chi connectivity index (χ0) is 19.7. The van der Waals surface area contributed by atoms with E-state index in [9.17, 15) is 9.59 Å².